The van der Waals surface area contributed by atoms with Crippen LogP contribution in [0, 0.1) is 0 Å². The maximum Gasteiger partial charge on any atom is 0.315 e. The molecule has 2 saturated carbocycles. The molecule has 3 N–H and O–H groups in total. The van der Waals surface area contributed by atoms with E-state index in [1.807, 2.05) is 18.2 Å². The molecule has 0 aromatic heterocycles. The maximum absolute atomic E-state index is 11.8. The second-order valence-corrected chi connectivity index (χ2v) is 6.73. The molecule has 0 radical (unpaired) electrons. The highest BCUT2D eigenvalue weighted by molar-refractivity contribution is 9.10. The van der Waals surface area contributed by atoms with Gasteiger partial charge in [0.1, 0.15) is 0 Å². The molecule has 20 heavy (non-hydrogen) atoms. The minimum atomic E-state index is -0.664. The Kier molecular flexibility index (Phi) is 3.73. The van der Waals surface area contributed by atoms with Gasteiger partial charge in [0.25, 0.3) is 0 Å². The van der Waals surface area contributed by atoms with Crippen LogP contribution < -0.4 is 10.6 Å². The number of amides is 2. The van der Waals surface area contributed by atoms with Gasteiger partial charge < -0.3 is 15.7 Å². The summed E-state index contributed by atoms with van der Waals surface area (Å²) in [5.74, 6) is 0.392. The normalized spacial score (nSPS) is 26.5. The largest absolute Gasteiger partial charge is 0.388 e. The van der Waals surface area contributed by atoms with E-state index in [0.29, 0.717) is 12.5 Å². The number of nitrogens with one attached hydrogen (secondary N) is 2. The predicted octanol–water partition coefficient (Wildman–Crippen LogP) is 2.52. The molecule has 2 aliphatic carbocycles. The fourth-order valence-electron chi connectivity index (χ4n) is 2.70. The fraction of sp³-hybridized carbons (Fsp3) is 0.533. The van der Waals surface area contributed by atoms with Crippen LogP contribution in [0.15, 0.2) is 28.7 Å². The minimum Gasteiger partial charge on any atom is -0.388 e. The Balaban J connectivity index is 1.46. The van der Waals surface area contributed by atoms with Crippen molar-refractivity contribution in [1.29, 1.82) is 0 Å². The van der Waals surface area contributed by atoms with Crippen molar-refractivity contribution in [2.45, 2.75) is 43.2 Å². The number of hydrogen-bond donors (Lipinski definition) is 3. The average molecular weight is 339 g/mol. The molecule has 2 aliphatic rings. The van der Waals surface area contributed by atoms with Crippen LogP contribution in [0.5, 0.6) is 0 Å². The monoisotopic (exact) mass is 338 g/mol. The quantitative estimate of drug-likeness (QED) is 0.789. The van der Waals surface area contributed by atoms with Crippen molar-refractivity contribution >= 4 is 22.0 Å². The van der Waals surface area contributed by atoms with Crippen LogP contribution in [-0.4, -0.2) is 29.3 Å². The van der Waals surface area contributed by atoms with Crippen molar-refractivity contribution < 1.29 is 9.90 Å². The van der Waals surface area contributed by atoms with Crippen LogP contribution >= 0.6 is 15.9 Å². The third-order valence-corrected chi connectivity index (χ3v) is 5.00. The zero-order valence-electron chi connectivity index (χ0n) is 11.2. The van der Waals surface area contributed by atoms with E-state index < -0.39 is 5.60 Å². The SMILES string of the molecule is O=C(NCC1(O)CCC1)NC1CC1c1ccccc1Br. The van der Waals surface area contributed by atoms with Gasteiger partial charge in [-0.1, -0.05) is 34.1 Å². The molecule has 2 fully saturated rings. The summed E-state index contributed by atoms with van der Waals surface area (Å²) < 4.78 is 1.10. The molecule has 2 unspecified atom stereocenters. The summed E-state index contributed by atoms with van der Waals surface area (Å²) in [5.41, 5.74) is 0.582. The lowest BCUT2D eigenvalue weighted by Crippen LogP contribution is -2.50. The lowest BCUT2D eigenvalue weighted by molar-refractivity contribution is -0.0290. The van der Waals surface area contributed by atoms with Gasteiger partial charge in [-0.2, -0.15) is 0 Å². The molecule has 2 atom stereocenters. The predicted molar refractivity (Wildman–Crippen MR) is 80.6 cm³/mol. The summed E-state index contributed by atoms with van der Waals surface area (Å²) in [6.45, 7) is 0.352. The van der Waals surface area contributed by atoms with Gasteiger partial charge in [-0.25, -0.2) is 4.79 Å². The van der Waals surface area contributed by atoms with Crippen molar-refractivity contribution in [1.82, 2.24) is 10.6 Å². The first-order valence-corrected chi connectivity index (χ1v) is 7.88. The highest BCUT2D eigenvalue weighted by atomic mass is 79.9. The van der Waals surface area contributed by atoms with E-state index in [9.17, 15) is 9.90 Å². The molecule has 0 saturated heterocycles. The van der Waals surface area contributed by atoms with E-state index in [1.54, 1.807) is 0 Å². The van der Waals surface area contributed by atoms with Crippen LogP contribution in [0.1, 0.15) is 37.2 Å². The Labute approximate surface area is 127 Å². The number of benzene rings is 1. The van der Waals surface area contributed by atoms with Crippen LogP contribution in [0.25, 0.3) is 0 Å². The summed E-state index contributed by atoms with van der Waals surface area (Å²) in [6, 6.07) is 8.14. The Morgan fingerprint density at radius 3 is 2.80 bits per heavy atom. The highest BCUT2D eigenvalue weighted by Crippen LogP contribution is 2.43. The zero-order valence-corrected chi connectivity index (χ0v) is 12.8. The molecule has 5 heteroatoms. The second-order valence-electron chi connectivity index (χ2n) is 5.88. The number of aliphatic hydroxyl groups is 1. The maximum atomic E-state index is 11.8. The van der Waals surface area contributed by atoms with Crippen LogP contribution in [-0.2, 0) is 0 Å². The van der Waals surface area contributed by atoms with Gasteiger partial charge in [0.05, 0.1) is 5.60 Å². The first-order valence-electron chi connectivity index (χ1n) is 7.09. The van der Waals surface area contributed by atoms with E-state index in [1.165, 1.54) is 5.56 Å². The smallest absolute Gasteiger partial charge is 0.315 e. The summed E-state index contributed by atoms with van der Waals surface area (Å²) in [4.78, 5) is 11.8. The van der Waals surface area contributed by atoms with Gasteiger partial charge in [-0.15, -0.1) is 0 Å². The Morgan fingerprint density at radius 1 is 1.40 bits per heavy atom. The molecular formula is C15H19BrN2O2. The van der Waals surface area contributed by atoms with Gasteiger partial charge in [0.15, 0.2) is 0 Å². The third kappa shape index (κ3) is 2.99. The van der Waals surface area contributed by atoms with E-state index in [0.717, 1.165) is 30.2 Å². The van der Waals surface area contributed by atoms with Gasteiger partial charge in [-0.3, -0.25) is 0 Å². The Bertz CT molecular complexity index is 516. The van der Waals surface area contributed by atoms with Gasteiger partial charge >= 0.3 is 6.03 Å². The standard InChI is InChI=1S/C15H19BrN2O2/c16-12-5-2-1-4-10(12)11-8-13(11)18-14(19)17-9-15(20)6-3-7-15/h1-2,4-5,11,13,20H,3,6-9H2,(H2,17,18,19). The number of carbonyl (C=O) groups excluding carboxylic acids is 1. The minimum absolute atomic E-state index is 0.176. The van der Waals surface area contributed by atoms with E-state index in [-0.39, 0.29) is 12.1 Å². The molecule has 1 aromatic rings. The third-order valence-electron chi connectivity index (χ3n) is 4.27. The molecule has 0 bridgehead atoms. The van der Waals surface area contributed by atoms with Gasteiger partial charge in [0.2, 0.25) is 0 Å². The van der Waals surface area contributed by atoms with Crippen molar-refractivity contribution in [3.63, 3.8) is 0 Å². The van der Waals surface area contributed by atoms with E-state index in [4.69, 9.17) is 0 Å². The Hall–Kier alpha value is -1.07. The first-order chi connectivity index (χ1) is 9.57. The average Bonchev–Trinajstić information content (AvgIpc) is 3.13. The molecule has 1 aromatic carbocycles. The van der Waals surface area contributed by atoms with Crippen molar-refractivity contribution in [3.05, 3.63) is 34.3 Å². The molecule has 2 amide bonds. The fourth-order valence-corrected chi connectivity index (χ4v) is 3.28. The number of carbonyl (C=O) groups is 1. The van der Waals surface area contributed by atoms with Crippen LogP contribution in [0.4, 0.5) is 4.79 Å². The summed E-state index contributed by atoms with van der Waals surface area (Å²) >= 11 is 3.54. The summed E-state index contributed by atoms with van der Waals surface area (Å²) in [6.07, 6.45) is 3.60. The molecule has 108 valence electrons. The van der Waals surface area contributed by atoms with E-state index >= 15 is 0 Å². The van der Waals surface area contributed by atoms with Crippen molar-refractivity contribution in [2.24, 2.45) is 0 Å². The van der Waals surface area contributed by atoms with Crippen molar-refractivity contribution in [3.8, 4) is 0 Å². The second kappa shape index (κ2) is 5.37. The van der Waals surface area contributed by atoms with E-state index in [2.05, 4.69) is 32.6 Å². The number of halogens is 1. The molecule has 0 aliphatic heterocycles. The molecule has 0 heterocycles. The lowest BCUT2D eigenvalue weighted by atomic mass is 9.80. The lowest BCUT2D eigenvalue weighted by Gasteiger charge is -2.36. The first kappa shape index (κ1) is 13.9. The molecule has 0 spiro atoms. The van der Waals surface area contributed by atoms with Gasteiger partial charge in [-0.05, 0) is 37.3 Å². The topological polar surface area (TPSA) is 61.4 Å². The van der Waals surface area contributed by atoms with Crippen LogP contribution in [0.2, 0.25) is 0 Å². The number of urea groups is 1. The Morgan fingerprint density at radius 2 is 2.15 bits per heavy atom. The summed E-state index contributed by atoms with van der Waals surface area (Å²) in [5, 5.41) is 15.7. The van der Waals surface area contributed by atoms with Gasteiger partial charge in [0, 0.05) is 23.0 Å². The number of hydrogen-bond acceptors (Lipinski definition) is 2. The zero-order chi connectivity index (χ0) is 14.2. The molecule has 4 nitrogen and oxygen atoms in total. The number of rotatable bonds is 4. The van der Waals surface area contributed by atoms with Crippen molar-refractivity contribution in [2.75, 3.05) is 6.54 Å². The molecular weight excluding hydrogens is 320 g/mol. The van der Waals surface area contributed by atoms with Crippen LogP contribution in [0.3, 0.4) is 0 Å². The highest BCUT2D eigenvalue weighted by Gasteiger charge is 2.41. The summed E-state index contributed by atoms with van der Waals surface area (Å²) in [7, 11) is 0. The molecule has 3 rings (SSSR count).